The summed E-state index contributed by atoms with van der Waals surface area (Å²) in [6.07, 6.45) is 8.01. The van der Waals surface area contributed by atoms with Crippen LogP contribution in [0.25, 0.3) is 33.9 Å². The number of hydrogen-bond donors (Lipinski definition) is 2. The van der Waals surface area contributed by atoms with E-state index in [0.29, 0.717) is 29.6 Å². The van der Waals surface area contributed by atoms with Gasteiger partial charge in [0.25, 0.3) is 0 Å². The number of nitrogens with one attached hydrogen (secondary N) is 1. The monoisotopic (exact) mass is 484 g/mol. The van der Waals surface area contributed by atoms with E-state index in [1.807, 2.05) is 57.2 Å². The zero-order valence-electron chi connectivity index (χ0n) is 20.7. The lowest BCUT2D eigenvalue weighted by atomic mass is 9.81. The standard InChI is InChI=1S/C29H29FN4O2/c1-18-12-25(36-17-29(2,3)27(35)20-10-7-11-20)31-15-22(18)21-13-23(30)26(32-14-21)28-33-16-24(34-28)19-8-5-4-6-9-19/h4-6,8-9,12-16,35H,7,10-11,17H2,1-3H3,(H,33,34). The number of allylic oxidation sites excluding steroid dienone is 1. The summed E-state index contributed by atoms with van der Waals surface area (Å²) in [7, 11) is 0. The molecule has 0 saturated heterocycles. The first-order valence-corrected chi connectivity index (χ1v) is 12.1. The van der Waals surface area contributed by atoms with Crippen LogP contribution in [-0.4, -0.2) is 31.6 Å². The van der Waals surface area contributed by atoms with Gasteiger partial charge in [-0.3, -0.25) is 0 Å². The Bertz CT molecular complexity index is 1420. The third-order valence-corrected chi connectivity index (χ3v) is 6.64. The largest absolute Gasteiger partial charge is 0.512 e. The van der Waals surface area contributed by atoms with E-state index in [-0.39, 0.29) is 5.69 Å². The second-order valence-electron chi connectivity index (χ2n) is 9.88. The highest BCUT2D eigenvalue weighted by molar-refractivity contribution is 5.69. The number of nitrogens with zero attached hydrogens (tertiary/aromatic N) is 3. The normalized spacial score (nSPS) is 13.4. The van der Waals surface area contributed by atoms with E-state index in [0.717, 1.165) is 47.2 Å². The van der Waals surface area contributed by atoms with Gasteiger partial charge in [0, 0.05) is 29.6 Å². The molecule has 7 heteroatoms. The number of halogens is 1. The summed E-state index contributed by atoms with van der Waals surface area (Å²) in [5.41, 5.74) is 4.83. The summed E-state index contributed by atoms with van der Waals surface area (Å²) in [6, 6.07) is 13.0. The SMILES string of the molecule is Cc1cc(OCC(C)(C)C(O)=C2CCC2)ncc1-c1cnc(-c2ncc(-c3ccccc3)[nH]2)c(F)c1. The fourth-order valence-corrected chi connectivity index (χ4v) is 4.27. The maximum Gasteiger partial charge on any atom is 0.213 e. The van der Waals surface area contributed by atoms with Crippen molar-refractivity contribution in [1.82, 2.24) is 19.9 Å². The predicted molar refractivity (Wildman–Crippen MR) is 138 cm³/mol. The van der Waals surface area contributed by atoms with Gasteiger partial charge in [-0.25, -0.2) is 19.3 Å². The average molecular weight is 485 g/mol. The van der Waals surface area contributed by atoms with Gasteiger partial charge in [-0.1, -0.05) is 30.3 Å². The van der Waals surface area contributed by atoms with Crippen LogP contribution in [0.4, 0.5) is 4.39 Å². The molecule has 0 bridgehead atoms. The van der Waals surface area contributed by atoms with E-state index < -0.39 is 11.2 Å². The van der Waals surface area contributed by atoms with Crippen molar-refractivity contribution in [2.24, 2.45) is 5.41 Å². The molecule has 0 atom stereocenters. The molecular weight excluding hydrogens is 455 g/mol. The molecule has 1 fully saturated rings. The summed E-state index contributed by atoms with van der Waals surface area (Å²) >= 11 is 0. The number of hydrogen-bond acceptors (Lipinski definition) is 5. The van der Waals surface area contributed by atoms with E-state index in [9.17, 15) is 5.11 Å². The van der Waals surface area contributed by atoms with Crippen LogP contribution in [0.1, 0.15) is 38.7 Å². The summed E-state index contributed by atoms with van der Waals surface area (Å²) in [6.45, 7) is 6.17. The van der Waals surface area contributed by atoms with Gasteiger partial charge in [0.2, 0.25) is 5.88 Å². The molecule has 4 aromatic rings. The molecule has 0 aliphatic heterocycles. The summed E-state index contributed by atoms with van der Waals surface area (Å²) in [5, 5.41) is 10.5. The van der Waals surface area contributed by atoms with Gasteiger partial charge in [0.15, 0.2) is 11.6 Å². The molecule has 0 spiro atoms. The molecule has 6 nitrogen and oxygen atoms in total. The Morgan fingerprint density at radius 1 is 1.03 bits per heavy atom. The number of aliphatic hydroxyl groups is 1. The number of rotatable bonds is 7. The minimum Gasteiger partial charge on any atom is -0.512 e. The number of ether oxygens (including phenoxy) is 1. The number of aromatic nitrogens is 4. The number of benzene rings is 1. The van der Waals surface area contributed by atoms with Crippen LogP contribution in [0.5, 0.6) is 5.88 Å². The topological polar surface area (TPSA) is 83.9 Å². The van der Waals surface area contributed by atoms with Gasteiger partial charge in [-0.15, -0.1) is 0 Å². The molecule has 1 aromatic carbocycles. The molecule has 1 aliphatic rings. The maximum absolute atomic E-state index is 15.1. The molecule has 36 heavy (non-hydrogen) atoms. The Balaban J connectivity index is 1.32. The van der Waals surface area contributed by atoms with Crippen molar-refractivity contribution < 1.29 is 14.2 Å². The fourth-order valence-electron chi connectivity index (χ4n) is 4.27. The number of aryl methyl sites for hydroxylation is 1. The van der Waals surface area contributed by atoms with Crippen LogP contribution in [0.15, 0.2) is 72.4 Å². The van der Waals surface area contributed by atoms with Gasteiger partial charge in [0.05, 0.1) is 17.3 Å². The van der Waals surface area contributed by atoms with Gasteiger partial charge in [-0.05, 0) is 62.8 Å². The highest BCUT2D eigenvalue weighted by Crippen LogP contribution is 2.36. The smallest absolute Gasteiger partial charge is 0.213 e. The average Bonchev–Trinajstić information content (AvgIpc) is 3.32. The number of aromatic amines is 1. The van der Waals surface area contributed by atoms with Crippen molar-refractivity contribution in [3.63, 3.8) is 0 Å². The van der Waals surface area contributed by atoms with E-state index >= 15 is 4.39 Å². The van der Waals surface area contributed by atoms with Crippen LogP contribution >= 0.6 is 0 Å². The Hall–Kier alpha value is -4.00. The van der Waals surface area contributed by atoms with Crippen LogP contribution in [0, 0.1) is 18.2 Å². The van der Waals surface area contributed by atoms with Crippen LogP contribution < -0.4 is 4.74 Å². The summed E-state index contributed by atoms with van der Waals surface area (Å²) in [5.74, 6) is 0.794. The molecule has 3 aromatic heterocycles. The van der Waals surface area contributed by atoms with Crippen molar-refractivity contribution in [3.05, 3.63) is 83.8 Å². The maximum atomic E-state index is 15.1. The minimum absolute atomic E-state index is 0.161. The first-order valence-electron chi connectivity index (χ1n) is 12.1. The Labute approximate surface area is 209 Å². The fraction of sp³-hybridized carbons (Fsp3) is 0.276. The summed E-state index contributed by atoms with van der Waals surface area (Å²) in [4.78, 5) is 16.2. The predicted octanol–water partition coefficient (Wildman–Crippen LogP) is 7.05. The molecule has 2 N–H and O–H groups in total. The van der Waals surface area contributed by atoms with Gasteiger partial charge < -0.3 is 14.8 Å². The molecule has 3 heterocycles. The zero-order chi connectivity index (χ0) is 25.3. The summed E-state index contributed by atoms with van der Waals surface area (Å²) < 4.78 is 21.0. The van der Waals surface area contributed by atoms with Gasteiger partial charge >= 0.3 is 0 Å². The molecule has 5 rings (SSSR count). The van der Waals surface area contributed by atoms with Crippen molar-refractivity contribution in [1.29, 1.82) is 0 Å². The molecular formula is C29H29FN4O2. The van der Waals surface area contributed by atoms with E-state index in [2.05, 4.69) is 19.9 Å². The Kier molecular flexibility index (Phi) is 6.31. The highest BCUT2D eigenvalue weighted by Gasteiger charge is 2.29. The molecule has 1 aliphatic carbocycles. The quantitative estimate of drug-likeness (QED) is 0.275. The number of imidazole rings is 1. The van der Waals surface area contributed by atoms with Crippen molar-refractivity contribution >= 4 is 0 Å². The number of H-pyrrole nitrogens is 1. The molecule has 184 valence electrons. The first kappa shape index (κ1) is 23.7. The molecule has 0 radical (unpaired) electrons. The zero-order valence-corrected chi connectivity index (χ0v) is 20.7. The lowest BCUT2D eigenvalue weighted by Crippen LogP contribution is -2.26. The van der Waals surface area contributed by atoms with E-state index in [1.165, 1.54) is 6.07 Å². The second kappa shape index (κ2) is 9.57. The third kappa shape index (κ3) is 4.73. The number of pyridine rings is 2. The molecule has 0 amide bonds. The van der Waals surface area contributed by atoms with Gasteiger partial charge in [0.1, 0.15) is 18.1 Å². The lowest BCUT2D eigenvalue weighted by molar-refractivity contribution is 0.148. The van der Waals surface area contributed by atoms with Crippen molar-refractivity contribution in [2.45, 2.75) is 40.0 Å². The van der Waals surface area contributed by atoms with Crippen LogP contribution in [0.3, 0.4) is 0 Å². The molecule has 1 saturated carbocycles. The Morgan fingerprint density at radius 3 is 2.47 bits per heavy atom. The minimum atomic E-state index is -0.487. The van der Waals surface area contributed by atoms with E-state index in [4.69, 9.17) is 4.74 Å². The molecule has 0 unspecified atom stereocenters. The van der Waals surface area contributed by atoms with Gasteiger partial charge in [-0.2, -0.15) is 0 Å². The van der Waals surface area contributed by atoms with Crippen molar-refractivity contribution in [3.8, 4) is 39.8 Å². The number of aliphatic hydroxyl groups excluding tert-OH is 1. The lowest BCUT2D eigenvalue weighted by Gasteiger charge is -2.29. The van der Waals surface area contributed by atoms with Crippen LogP contribution in [0.2, 0.25) is 0 Å². The third-order valence-electron chi connectivity index (χ3n) is 6.64. The second-order valence-corrected chi connectivity index (χ2v) is 9.88. The van der Waals surface area contributed by atoms with Crippen LogP contribution in [-0.2, 0) is 0 Å². The highest BCUT2D eigenvalue weighted by atomic mass is 19.1. The van der Waals surface area contributed by atoms with E-state index in [1.54, 1.807) is 18.6 Å². The first-order chi connectivity index (χ1) is 17.3. The Morgan fingerprint density at radius 2 is 1.81 bits per heavy atom. The van der Waals surface area contributed by atoms with Crippen molar-refractivity contribution in [2.75, 3.05) is 6.61 Å².